The fourth-order valence-electron chi connectivity index (χ4n) is 3.01. The van der Waals surface area contributed by atoms with E-state index >= 15 is 0 Å². The van der Waals surface area contributed by atoms with E-state index in [1.165, 1.54) is 44.3 Å². The molecule has 0 radical (unpaired) electrons. The Hall–Kier alpha value is -0.800. The third-order valence-corrected chi connectivity index (χ3v) is 3.93. The molecule has 1 aromatic heterocycles. The molecule has 0 spiro atoms. The maximum Gasteiger partial charge on any atom is 0.0947 e. The summed E-state index contributed by atoms with van der Waals surface area (Å²) in [6.45, 7) is 9.02. The number of hydrogen-bond acceptors (Lipinski definition) is 3. The lowest BCUT2D eigenvalue weighted by molar-refractivity contribution is 0.177. The predicted octanol–water partition coefficient (Wildman–Crippen LogP) is 3.27. The molecule has 108 valence electrons. The number of hydrogen-bond donors (Lipinski definition) is 1. The Morgan fingerprint density at radius 1 is 1.37 bits per heavy atom. The van der Waals surface area contributed by atoms with Crippen LogP contribution in [0.3, 0.4) is 0 Å². The fraction of sp³-hybridized carbons (Fsp3) is 0.750. The Balaban J connectivity index is 1.69. The second kappa shape index (κ2) is 7.71. The smallest absolute Gasteiger partial charge is 0.0947 e. The van der Waals surface area contributed by atoms with E-state index in [4.69, 9.17) is 4.42 Å². The van der Waals surface area contributed by atoms with Crippen LogP contribution >= 0.6 is 0 Å². The van der Waals surface area contributed by atoms with Gasteiger partial charge in [-0.05, 0) is 24.8 Å². The van der Waals surface area contributed by atoms with Crippen molar-refractivity contribution < 1.29 is 4.42 Å². The van der Waals surface area contributed by atoms with Crippen LogP contribution in [0, 0.1) is 5.92 Å². The molecule has 1 heterocycles. The molecule has 0 aliphatic heterocycles. The van der Waals surface area contributed by atoms with Crippen molar-refractivity contribution in [3.8, 4) is 0 Å². The van der Waals surface area contributed by atoms with Gasteiger partial charge in [0.15, 0.2) is 0 Å². The summed E-state index contributed by atoms with van der Waals surface area (Å²) >= 11 is 0. The van der Waals surface area contributed by atoms with E-state index in [1.54, 1.807) is 6.26 Å². The molecule has 1 aliphatic carbocycles. The van der Waals surface area contributed by atoms with Crippen LogP contribution in [0.25, 0.3) is 0 Å². The van der Waals surface area contributed by atoms with Crippen molar-refractivity contribution in [2.24, 2.45) is 5.92 Å². The summed E-state index contributed by atoms with van der Waals surface area (Å²) in [5, 5.41) is 3.51. The van der Waals surface area contributed by atoms with Crippen molar-refractivity contribution in [2.75, 3.05) is 19.6 Å². The van der Waals surface area contributed by atoms with Gasteiger partial charge in [0, 0.05) is 37.8 Å². The summed E-state index contributed by atoms with van der Waals surface area (Å²) < 4.78 is 5.08. The fourth-order valence-corrected chi connectivity index (χ4v) is 3.01. The van der Waals surface area contributed by atoms with Gasteiger partial charge in [0.25, 0.3) is 0 Å². The number of nitrogens with one attached hydrogen (secondary N) is 1. The average molecular weight is 264 g/mol. The van der Waals surface area contributed by atoms with Crippen molar-refractivity contribution in [1.29, 1.82) is 0 Å². The monoisotopic (exact) mass is 264 g/mol. The lowest BCUT2D eigenvalue weighted by Gasteiger charge is -2.30. The lowest BCUT2D eigenvalue weighted by Crippen LogP contribution is -2.40. The van der Waals surface area contributed by atoms with Crippen LogP contribution < -0.4 is 5.32 Å². The third kappa shape index (κ3) is 5.00. The molecule has 0 unspecified atom stereocenters. The van der Waals surface area contributed by atoms with Gasteiger partial charge in [0.05, 0.1) is 12.5 Å². The lowest BCUT2D eigenvalue weighted by atomic mass is 10.1. The highest BCUT2D eigenvalue weighted by Crippen LogP contribution is 2.23. The summed E-state index contributed by atoms with van der Waals surface area (Å²) in [4.78, 5) is 2.69. The molecule has 1 N–H and O–H groups in total. The minimum Gasteiger partial charge on any atom is -0.472 e. The molecular weight excluding hydrogens is 236 g/mol. The second-order valence-electron chi connectivity index (χ2n) is 6.14. The van der Waals surface area contributed by atoms with E-state index in [9.17, 15) is 0 Å². The van der Waals surface area contributed by atoms with Crippen LogP contribution in [0.1, 0.15) is 45.1 Å². The minimum absolute atomic E-state index is 0.759. The van der Waals surface area contributed by atoms with E-state index < -0.39 is 0 Å². The first-order chi connectivity index (χ1) is 9.25. The van der Waals surface area contributed by atoms with Crippen LogP contribution in [0.4, 0.5) is 0 Å². The van der Waals surface area contributed by atoms with Gasteiger partial charge in [-0.25, -0.2) is 0 Å². The maximum atomic E-state index is 5.08. The van der Waals surface area contributed by atoms with Crippen molar-refractivity contribution >= 4 is 0 Å². The molecule has 1 saturated carbocycles. The summed E-state index contributed by atoms with van der Waals surface area (Å²) in [6, 6.07) is 2.86. The van der Waals surface area contributed by atoms with Gasteiger partial charge in [-0.1, -0.05) is 26.7 Å². The highest BCUT2D eigenvalue weighted by molar-refractivity contribution is 5.04. The van der Waals surface area contributed by atoms with Crippen LogP contribution in [-0.4, -0.2) is 30.6 Å². The zero-order valence-corrected chi connectivity index (χ0v) is 12.4. The van der Waals surface area contributed by atoms with Gasteiger partial charge < -0.3 is 9.73 Å². The zero-order valence-electron chi connectivity index (χ0n) is 12.4. The zero-order chi connectivity index (χ0) is 13.5. The Morgan fingerprint density at radius 3 is 2.79 bits per heavy atom. The molecule has 0 saturated heterocycles. The van der Waals surface area contributed by atoms with Gasteiger partial charge in [0.1, 0.15) is 0 Å². The average Bonchev–Trinajstić information content (AvgIpc) is 3.04. The number of nitrogens with zero attached hydrogens (tertiary/aromatic N) is 1. The Labute approximate surface area is 117 Å². The molecule has 2 rings (SSSR count). The summed E-state index contributed by atoms with van der Waals surface area (Å²) in [5.74, 6) is 0.759. The molecule has 3 heteroatoms. The van der Waals surface area contributed by atoms with Gasteiger partial charge in [0.2, 0.25) is 0 Å². The second-order valence-corrected chi connectivity index (χ2v) is 6.14. The molecule has 1 aromatic rings. The maximum absolute atomic E-state index is 5.08. The summed E-state index contributed by atoms with van der Waals surface area (Å²) in [5.41, 5.74) is 1.23. The standard InChI is InChI=1S/C16H28N2O/c1-14(2)12-18(16-5-3-4-6-16)9-8-17-11-15-7-10-19-13-15/h7,10,13-14,16-17H,3-6,8-9,11-12H2,1-2H3. The van der Waals surface area contributed by atoms with Crippen molar-refractivity contribution in [3.63, 3.8) is 0 Å². The number of rotatable bonds is 8. The summed E-state index contributed by atoms with van der Waals surface area (Å²) in [6.07, 6.45) is 9.18. The molecule has 0 aromatic carbocycles. The molecule has 0 bridgehead atoms. The Bertz CT molecular complexity index is 329. The quantitative estimate of drug-likeness (QED) is 0.731. The van der Waals surface area contributed by atoms with Gasteiger partial charge in [-0.2, -0.15) is 0 Å². The predicted molar refractivity (Wildman–Crippen MR) is 79.1 cm³/mol. The first kappa shape index (κ1) is 14.6. The van der Waals surface area contributed by atoms with E-state index in [-0.39, 0.29) is 0 Å². The van der Waals surface area contributed by atoms with E-state index in [1.807, 2.05) is 12.3 Å². The van der Waals surface area contributed by atoms with Gasteiger partial charge >= 0.3 is 0 Å². The molecule has 0 atom stereocenters. The van der Waals surface area contributed by atoms with Crippen molar-refractivity contribution in [2.45, 2.75) is 52.1 Å². The normalized spacial score (nSPS) is 16.8. The van der Waals surface area contributed by atoms with Crippen LogP contribution in [0.15, 0.2) is 23.0 Å². The molecule has 3 nitrogen and oxygen atoms in total. The molecule has 19 heavy (non-hydrogen) atoms. The third-order valence-electron chi connectivity index (χ3n) is 3.93. The van der Waals surface area contributed by atoms with Crippen LogP contribution in [0.2, 0.25) is 0 Å². The molecule has 1 aliphatic rings. The summed E-state index contributed by atoms with van der Waals surface area (Å²) in [7, 11) is 0. The Kier molecular flexibility index (Phi) is 5.93. The Morgan fingerprint density at radius 2 is 2.16 bits per heavy atom. The highest BCUT2D eigenvalue weighted by atomic mass is 16.3. The van der Waals surface area contributed by atoms with Crippen molar-refractivity contribution in [1.82, 2.24) is 10.2 Å². The number of furan rings is 1. The van der Waals surface area contributed by atoms with E-state index in [0.29, 0.717) is 0 Å². The van der Waals surface area contributed by atoms with Crippen molar-refractivity contribution in [3.05, 3.63) is 24.2 Å². The first-order valence-corrected chi connectivity index (χ1v) is 7.71. The minimum atomic E-state index is 0.759. The largest absolute Gasteiger partial charge is 0.472 e. The van der Waals surface area contributed by atoms with Gasteiger partial charge in [-0.15, -0.1) is 0 Å². The topological polar surface area (TPSA) is 28.4 Å². The highest BCUT2D eigenvalue weighted by Gasteiger charge is 2.22. The van der Waals surface area contributed by atoms with E-state index in [2.05, 4.69) is 24.1 Å². The van der Waals surface area contributed by atoms with Gasteiger partial charge in [-0.3, -0.25) is 4.90 Å². The molecule has 0 amide bonds. The molecule has 1 fully saturated rings. The SMILES string of the molecule is CC(C)CN(CCNCc1ccoc1)C1CCCC1. The first-order valence-electron chi connectivity index (χ1n) is 7.71. The molecular formula is C16H28N2O. The van der Waals surface area contributed by atoms with Crippen LogP contribution in [0.5, 0.6) is 0 Å². The van der Waals surface area contributed by atoms with Crippen LogP contribution in [-0.2, 0) is 6.54 Å². The van der Waals surface area contributed by atoms with E-state index in [0.717, 1.165) is 25.0 Å².